The van der Waals surface area contributed by atoms with Gasteiger partial charge in [-0.1, -0.05) is 19.9 Å². The van der Waals surface area contributed by atoms with Crippen LogP contribution in [0.3, 0.4) is 0 Å². The van der Waals surface area contributed by atoms with Crippen LogP contribution in [0.2, 0.25) is 0 Å². The molecule has 1 aliphatic heterocycles. The molecule has 3 aromatic rings. The predicted octanol–water partition coefficient (Wildman–Crippen LogP) is 4.13. The maximum Gasteiger partial charge on any atom is 0.269 e. The number of piperidine rings is 1. The van der Waals surface area contributed by atoms with Crippen molar-refractivity contribution in [3.8, 4) is 0 Å². The van der Waals surface area contributed by atoms with Gasteiger partial charge >= 0.3 is 0 Å². The molecule has 0 spiro atoms. The van der Waals surface area contributed by atoms with E-state index in [1.165, 1.54) is 4.90 Å². The van der Waals surface area contributed by atoms with Gasteiger partial charge in [-0.05, 0) is 42.0 Å². The van der Waals surface area contributed by atoms with Crippen LogP contribution in [0.25, 0.3) is 10.9 Å². The fourth-order valence-corrected chi connectivity index (χ4v) is 4.70. The van der Waals surface area contributed by atoms with Gasteiger partial charge in [-0.3, -0.25) is 14.3 Å². The van der Waals surface area contributed by atoms with E-state index in [2.05, 4.69) is 23.9 Å². The molecule has 0 radical (unpaired) electrons. The minimum absolute atomic E-state index is 0.0690. The summed E-state index contributed by atoms with van der Waals surface area (Å²) in [7, 11) is 3.36. The summed E-state index contributed by atoms with van der Waals surface area (Å²) in [4.78, 5) is 31.7. The van der Waals surface area contributed by atoms with Crippen molar-refractivity contribution in [1.82, 2.24) is 24.6 Å². The molecule has 0 bridgehead atoms. The second-order valence-electron chi connectivity index (χ2n) is 9.39. The number of nitrogens with zero attached hydrogens (tertiary/aromatic N) is 4. The third kappa shape index (κ3) is 4.65. The summed E-state index contributed by atoms with van der Waals surface area (Å²) in [5.74, 6) is -0.345. The minimum Gasteiger partial charge on any atom is -0.348 e. The highest BCUT2D eigenvalue weighted by Crippen LogP contribution is 2.37. The quantitative estimate of drug-likeness (QED) is 0.610. The molecule has 3 heterocycles. The zero-order valence-corrected chi connectivity index (χ0v) is 19.8. The third-order valence-corrected chi connectivity index (χ3v) is 6.50. The van der Waals surface area contributed by atoms with Crippen molar-refractivity contribution < 1.29 is 14.0 Å². The molecule has 1 N–H and O–H groups in total. The molecular weight excluding hydrogens is 421 g/mol. The Bertz CT molecular complexity index is 1150. The van der Waals surface area contributed by atoms with Crippen molar-refractivity contribution in [1.29, 1.82) is 0 Å². The molecule has 33 heavy (non-hydrogen) atoms. The number of benzene rings is 1. The van der Waals surface area contributed by atoms with Gasteiger partial charge in [0, 0.05) is 63.8 Å². The van der Waals surface area contributed by atoms with E-state index in [9.17, 15) is 9.59 Å². The van der Waals surface area contributed by atoms with Crippen molar-refractivity contribution in [2.45, 2.75) is 51.5 Å². The zero-order valence-electron chi connectivity index (χ0n) is 19.8. The molecule has 0 aliphatic carbocycles. The maximum absolute atomic E-state index is 15.8. The molecule has 7 nitrogen and oxygen atoms in total. The maximum atomic E-state index is 15.8. The number of aromatic amines is 1. The third-order valence-electron chi connectivity index (χ3n) is 6.50. The molecule has 1 fully saturated rings. The summed E-state index contributed by atoms with van der Waals surface area (Å²) in [6.45, 7) is 5.88. The minimum atomic E-state index is -0.317. The molecule has 1 saturated heterocycles. The van der Waals surface area contributed by atoms with Gasteiger partial charge in [0.1, 0.15) is 5.69 Å². The number of halogens is 1. The topological polar surface area (TPSA) is 74.2 Å². The Morgan fingerprint density at radius 2 is 2.09 bits per heavy atom. The predicted molar refractivity (Wildman–Crippen MR) is 126 cm³/mol. The highest BCUT2D eigenvalue weighted by molar-refractivity contribution is 5.99. The molecule has 8 heteroatoms. The van der Waals surface area contributed by atoms with Gasteiger partial charge in [0.15, 0.2) is 5.82 Å². The molecule has 176 valence electrons. The summed E-state index contributed by atoms with van der Waals surface area (Å²) in [6.07, 6.45) is 5.58. The van der Waals surface area contributed by atoms with Crippen LogP contribution in [0.15, 0.2) is 30.6 Å². The highest BCUT2D eigenvalue weighted by atomic mass is 19.1. The Kier molecular flexibility index (Phi) is 6.54. The van der Waals surface area contributed by atoms with Crippen LogP contribution in [-0.2, 0) is 11.3 Å². The molecule has 2 aromatic heterocycles. The van der Waals surface area contributed by atoms with Crippen molar-refractivity contribution in [3.63, 3.8) is 0 Å². The average Bonchev–Trinajstić information content (AvgIpc) is 3.47. The highest BCUT2D eigenvalue weighted by Gasteiger charge is 2.29. The van der Waals surface area contributed by atoms with Crippen LogP contribution in [-0.4, -0.2) is 63.6 Å². The number of fused-ring (bicyclic) bond motifs is 1. The number of aromatic nitrogens is 3. The van der Waals surface area contributed by atoms with Crippen molar-refractivity contribution in [2.75, 3.05) is 27.2 Å². The lowest BCUT2D eigenvalue weighted by Gasteiger charge is -2.33. The van der Waals surface area contributed by atoms with Crippen LogP contribution in [0, 0.1) is 5.82 Å². The molecule has 0 saturated carbocycles. The number of hydrogen-bond donors (Lipinski definition) is 1. The van der Waals surface area contributed by atoms with Crippen LogP contribution in [0.5, 0.6) is 0 Å². The van der Waals surface area contributed by atoms with Gasteiger partial charge in [0.2, 0.25) is 5.91 Å². The lowest BCUT2D eigenvalue weighted by molar-refractivity contribution is -0.132. The monoisotopic (exact) mass is 453 g/mol. The Hall–Kier alpha value is -3.16. The standard InChI is InChI=1S/C25H32FN5O2/c1-16(2)18-13-19(23(26)24-20(18)14-21(28-24)25(33)29(3)4)17-7-5-10-30(15-17)22(32)8-12-31-11-6-9-27-31/h6,9,11,13-14,16-17,28H,5,7-8,10,12,15H2,1-4H3/t17-/m0/s1. The number of carbonyl (C=O) groups excluding carboxylic acids is 2. The fraction of sp³-hybridized carbons (Fsp3) is 0.480. The first-order chi connectivity index (χ1) is 15.8. The van der Waals surface area contributed by atoms with Gasteiger partial charge in [-0.25, -0.2) is 4.39 Å². The number of nitrogens with one attached hydrogen (secondary N) is 1. The number of hydrogen-bond acceptors (Lipinski definition) is 3. The van der Waals surface area contributed by atoms with Gasteiger partial charge in [-0.2, -0.15) is 5.10 Å². The van der Waals surface area contributed by atoms with E-state index in [-0.39, 0.29) is 29.5 Å². The molecule has 0 unspecified atom stereocenters. The van der Waals surface area contributed by atoms with E-state index in [1.54, 1.807) is 31.0 Å². The van der Waals surface area contributed by atoms with Crippen LogP contribution < -0.4 is 0 Å². The Labute approximate surface area is 193 Å². The van der Waals surface area contributed by atoms with E-state index in [1.807, 2.05) is 23.2 Å². The van der Waals surface area contributed by atoms with Gasteiger partial charge in [0.05, 0.1) is 5.52 Å². The Morgan fingerprint density at radius 3 is 2.76 bits per heavy atom. The number of rotatable bonds is 6. The molecule has 1 aromatic carbocycles. The van der Waals surface area contributed by atoms with Crippen LogP contribution in [0.1, 0.15) is 66.6 Å². The van der Waals surface area contributed by atoms with Crippen molar-refractivity contribution in [3.05, 3.63) is 53.2 Å². The summed E-state index contributed by atoms with van der Waals surface area (Å²) < 4.78 is 17.5. The largest absolute Gasteiger partial charge is 0.348 e. The summed E-state index contributed by atoms with van der Waals surface area (Å²) in [5, 5.41) is 4.90. The zero-order chi connectivity index (χ0) is 23.7. The number of amides is 2. The summed E-state index contributed by atoms with van der Waals surface area (Å²) in [5.41, 5.74) is 2.40. The molecular formula is C25H32FN5O2. The van der Waals surface area contributed by atoms with E-state index in [0.29, 0.717) is 42.8 Å². The van der Waals surface area contributed by atoms with Gasteiger partial charge < -0.3 is 14.8 Å². The first-order valence-electron chi connectivity index (χ1n) is 11.6. The van der Waals surface area contributed by atoms with E-state index >= 15 is 4.39 Å². The smallest absolute Gasteiger partial charge is 0.269 e. The summed E-state index contributed by atoms with van der Waals surface area (Å²) >= 11 is 0. The van der Waals surface area contributed by atoms with Crippen molar-refractivity contribution >= 4 is 22.7 Å². The van der Waals surface area contributed by atoms with Crippen LogP contribution in [0.4, 0.5) is 4.39 Å². The number of carbonyl (C=O) groups is 2. The molecule has 4 rings (SSSR count). The fourth-order valence-electron chi connectivity index (χ4n) is 4.70. The number of aryl methyl sites for hydroxylation is 1. The number of likely N-dealkylation sites (tertiary alicyclic amines) is 1. The van der Waals surface area contributed by atoms with E-state index in [0.717, 1.165) is 23.8 Å². The van der Waals surface area contributed by atoms with Crippen molar-refractivity contribution in [2.24, 2.45) is 0 Å². The first-order valence-corrected chi connectivity index (χ1v) is 11.6. The lowest BCUT2D eigenvalue weighted by atomic mass is 9.86. The van der Waals surface area contributed by atoms with Crippen LogP contribution >= 0.6 is 0 Å². The SMILES string of the molecule is CC(C)c1cc([C@H]2CCCN(C(=O)CCn3cccn3)C2)c(F)c2[nH]c(C(=O)N(C)C)cc12. The Morgan fingerprint density at radius 1 is 1.30 bits per heavy atom. The van der Waals surface area contributed by atoms with E-state index in [4.69, 9.17) is 0 Å². The lowest BCUT2D eigenvalue weighted by Crippen LogP contribution is -2.39. The molecule has 1 aliphatic rings. The second-order valence-corrected chi connectivity index (χ2v) is 9.39. The second kappa shape index (κ2) is 9.37. The average molecular weight is 454 g/mol. The normalized spacial score (nSPS) is 16.5. The molecule has 2 amide bonds. The number of H-pyrrole nitrogens is 1. The Balaban J connectivity index is 1.61. The van der Waals surface area contributed by atoms with Gasteiger partial charge in [0.25, 0.3) is 5.91 Å². The van der Waals surface area contributed by atoms with Gasteiger partial charge in [-0.15, -0.1) is 0 Å². The first kappa shape index (κ1) is 23.0. The van der Waals surface area contributed by atoms with E-state index < -0.39 is 0 Å². The molecule has 1 atom stereocenters. The summed E-state index contributed by atoms with van der Waals surface area (Å²) in [6, 6.07) is 5.54.